The molecule has 0 amide bonds. The van der Waals surface area contributed by atoms with Gasteiger partial charge >= 0.3 is 17.9 Å². The standard InChI is InChI=1S/C30H36N6O6/c1-40-28(37)25-10-4-7-22(31-25)19-34-13-15-35(20-23-8-5-11-26(32-23)29(38)41-2)17-18-36(16-14-34)21-24-9-6-12-27(33-24)30(39)42-3/h4-12H,13-21H2,1-3H3. The molecule has 0 bridgehead atoms. The first kappa shape index (κ1) is 30.7. The van der Waals surface area contributed by atoms with E-state index < -0.39 is 17.9 Å². The van der Waals surface area contributed by atoms with Gasteiger partial charge in [-0.2, -0.15) is 0 Å². The molecule has 4 heterocycles. The van der Waals surface area contributed by atoms with E-state index >= 15 is 0 Å². The van der Waals surface area contributed by atoms with Gasteiger partial charge in [-0.05, 0) is 36.4 Å². The summed E-state index contributed by atoms with van der Waals surface area (Å²) in [4.78, 5) is 56.5. The molecule has 42 heavy (non-hydrogen) atoms. The first-order valence-electron chi connectivity index (χ1n) is 13.7. The molecule has 0 spiro atoms. The van der Waals surface area contributed by atoms with Crippen molar-refractivity contribution in [1.29, 1.82) is 0 Å². The zero-order valence-electron chi connectivity index (χ0n) is 24.2. The summed E-state index contributed by atoms with van der Waals surface area (Å²) in [7, 11) is 4.02. The van der Waals surface area contributed by atoms with Gasteiger partial charge in [0.25, 0.3) is 0 Å². The highest BCUT2D eigenvalue weighted by Gasteiger charge is 2.20. The number of rotatable bonds is 9. The second-order valence-corrected chi connectivity index (χ2v) is 9.85. The van der Waals surface area contributed by atoms with E-state index in [1.165, 1.54) is 21.3 Å². The first-order valence-corrected chi connectivity index (χ1v) is 13.7. The van der Waals surface area contributed by atoms with Crippen LogP contribution in [0.15, 0.2) is 54.6 Å². The molecule has 1 saturated heterocycles. The third-order valence-electron chi connectivity index (χ3n) is 6.96. The summed E-state index contributed by atoms with van der Waals surface area (Å²) in [5.41, 5.74) is 3.14. The first-order chi connectivity index (χ1) is 20.4. The van der Waals surface area contributed by atoms with Gasteiger partial charge in [0.05, 0.1) is 38.4 Å². The Morgan fingerprint density at radius 3 is 1.02 bits per heavy atom. The average Bonchev–Trinajstić information content (AvgIpc) is 3.11. The Bertz CT molecular complexity index is 1210. The highest BCUT2D eigenvalue weighted by Crippen LogP contribution is 2.12. The summed E-state index contributed by atoms with van der Waals surface area (Å²) < 4.78 is 14.5. The van der Waals surface area contributed by atoms with Crippen LogP contribution in [0.25, 0.3) is 0 Å². The van der Waals surface area contributed by atoms with Crippen molar-refractivity contribution in [3.8, 4) is 0 Å². The minimum atomic E-state index is -0.470. The fourth-order valence-corrected chi connectivity index (χ4v) is 4.70. The lowest BCUT2D eigenvalue weighted by atomic mass is 10.2. The van der Waals surface area contributed by atoms with Crippen LogP contribution in [0.3, 0.4) is 0 Å². The molecule has 0 atom stereocenters. The van der Waals surface area contributed by atoms with Crippen molar-refractivity contribution in [3.05, 3.63) is 88.8 Å². The van der Waals surface area contributed by atoms with E-state index in [0.717, 1.165) is 56.4 Å². The molecule has 3 aromatic heterocycles. The van der Waals surface area contributed by atoms with Gasteiger partial charge in [-0.15, -0.1) is 0 Å². The van der Waals surface area contributed by atoms with Gasteiger partial charge in [0.2, 0.25) is 0 Å². The van der Waals surface area contributed by atoms with Gasteiger partial charge in [-0.25, -0.2) is 29.3 Å². The molecule has 222 valence electrons. The number of carbonyl (C=O) groups is 3. The minimum absolute atomic E-state index is 0.274. The average molecular weight is 577 g/mol. The number of pyridine rings is 3. The predicted octanol–water partition coefficient (Wildman–Crippen LogP) is 2.05. The zero-order chi connectivity index (χ0) is 29.9. The van der Waals surface area contributed by atoms with Crippen molar-refractivity contribution in [2.75, 3.05) is 60.6 Å². The maximum absolute atomic E-state index is 12.0. The van der Waals surface area contributed by atoms with Gasteiger partial charge in [0.1, 0.15) is 17.1 Å². The van der Waals surface area contributed by atoms with E-state index in [0.29, 0.717) is 19.6 Å². The van der Waals surface area contributed by atoms with Gasteiger partial charge in [0.15, 0.2) is 0 Å². The molecule has 3 aromatic rings. The molecule has 1 fully saturated rings. The second kappa shape index (κ2) is 15.1. The number of esters is 3. The Kier molecular flexibility index (Phi) is 11.0. The third-order valence-corrected chi connectivity index (χ3v) is 6.96. The van der Waals surface area contributed by atoms with Crippen LogP contribution in [0.1, 0.15) is 48.5 Å². The predicted molar refractivity (Wildman–Crippen MR) is 153 cm³/mol. The number of hydrogen-bond donors (Lipinski definition) is 0. The highest BCUT2D eigenvalue weighted by atomic mass is 16.5. The summed E-state index contributed by atoms with van der Waals surface area (Å²) in [5.74, 6) is -1.41. The topological polar surface area (TPSA) is 127 Å². The van der Waals surface area contributed by atoms with Gasteiger partial charge in [0, 0.05) is 58.9 Å². The SMILES string of the molecule is COC(=O)c1cccc(CN2CCN(Cc3cccc(C(=O)OC)n3)CCN(Cc3cccc(C(=O)OC)n3)CC2)n1. The van der Waals surface area contributed by atoms with Crippen LogP contribution in [0.4, 0.5) is 0 Å². The number of hydrogen-bond acceptors (Lipinski definition) is 12. The number of methoxy groups -OCH3 is 3. The van der Waals surface area contributed by atoms with Crippen molar-refractivity contribution in [1.82, 2.24) is 29.7 Å². The van der Waals surface area contributed by atoms with Crippen molar-refractivity contribution >= 4 is 17.9 Å². The number of nitrogens with zero attached hydrogens (tertiary/aromatic N) is 6. The molecular weight excluding hydrogens is 540 g/mol. The van der Waals surface area contributed by atoms with Crippen LogP contribution in [0, 0.1) is 0 Å². The fourth-order valence-electron chi connectivity index (χ4n) is 4.70. The van der Waals surface area contributed by atoms with E-state index in [9.17, 15) is 14.4 Å². The van der Waals surface area contributed by atoms with Crippen molar-refractivity contribution in [2.24, 2.45) is 0 Å². The quantitative estimate of drug-likeness (QED) is 0.273. The van der Waals surface area contributed by atoms with E-state index in [-0.39, 0.29) is 17.1 Å². The maximum Gasteiger partial charge on any atom is 0.356 e. The number of aromatic nitrogens is 3. The van der Waals surface area contributed by atoms with Crippen LogP contribution in [-0.4, -0.2) is 108 Å². The van der Waals surface area contributed by atoms with Gasteiger partial charge in [-0.3, -0.25) is 14.7 Å². The molecule has 0 aromatic carbocycles. The normalized spacial score (nSPS) is 15.2. The zero-order valence-corrected chi connectivity index (χ0v) is 24.2. The Hall–Kier alpha value is -4.26. The van der Waals surface area contributed by atoms with Crippen LogP contribution in [0.5, 0.6) is 0 Å². The minimum Gasteiger partial charge on any atom is -0.464 e. The second-order valence-electron chi connectivity index (χ2n) is 9.85. The lowest BCUT2D eigenvalue weighted by Crippen LogP contribution is -2.36. The molecule has 0 radical (unpaired) electrons. The molecule has 4 rings (SSSR count). The lowest BCUT2D eigenvalue weighted by Gasteiger charge is -2.25. The molecule has 1 aliphatic heterocycles. The molecule has 0 saturated carbocycles. The van der Waals surface area contributed by atoms with Crippen LogP contribution in [0.2, 0.25) is 0 Å². The summed E-state index contributed by atoms with van der Waals surface area (Å²) in [5, 5.41) is 0. The smallest absolute Gasteiger partial charge is 0.356 e. The third kappa shape index (κ3) is 8.62. The largest absolute Gasteiger partial charge is 0.464 e. The molecule has 0 unspecified atom stereocenters. The van der Waals surface area contributed by atoms with E-state index in [1.807, 2.05) is 36.4 Å². The molecule has 0 aliphatic carbocycles. The van der Waals surface area contributed by atoms with Crippen LogP contribution >= 0.6 is 0 Å². The van der Waals surface area contributed by atoms with Gasteiger partial charge in [-0.1, -0.05) is 18.2 Å². The maximum atomic E-state index is 12.0. The van der Waals surface area contributed by atoms with Gasteiger partial charge < -0.3 is 14.2 Å². The van der Waals surface area contributed by atoms with E-state index in [2.05, 4.69) is 29.7 Å². The molecule has 0 N–H and O–H groups in total. The Labute approximate surface area is 245 Å². The number of carbonyl (C=O) groups excluding carboxylic acids is 3. The van der Waals surface area contributed by atoms with E-state index in [1.54, 1.807) is 18.2 Å². The van der Waals surface area contributed by atoms with Crippen molar-refractivity contribution < 1.29 is 28.6 Å². The molecule has 12 nitrogen and oxygen atoms in total. The van der Waals surface area contributed by atoms with Crippen LogP contribution < -0.4 is 0 Å². The number of ether oxygens (including phenoxy) is 3. The Balaban J connectivity index is 1.53. The summed E-state index contributed by atoms with van der Waals surface area (Å²) in [6, 6.07) is 16.1. The van der Waals surface area contributed by atoms with Crippen molar-refractivity contribution in [3.63, 3.8) is 0 Å². The fraction of sp³-hybridized carbons (Fsp3) is 0.400. The summed E-state index contributed by atoms with van der Waals surface area (Å²) in [6.45, 7) is 6.19. The Morgan fingerprint density at radius 2 is 0.786 bits per heavy atom. The van der Waals surface area contributed by atoms with Crippen LogP contribution in [-0.2, 0) is 33.8 Å². The Morgan fingerprint density at radius 1 is 0.524 bits per heavy atom. The monoisotopic (exact) mass is 576 g/mol. The summed E-state index contributed by atoms with van der Waals surface area (Å²) >= 11 is 0. The summed E-state index contributed by atoms with van der Waals surface area (Å²) in [6.07, 6.45) is 0. The molecule has 1 aliphatic rings. The lowest BCUT2D eigenvalue weighted by molar-refractivity contribution is 0.0584. The van der Waals surface area contributed by atoms with E-state index in [4.69, 9.17) is 14.2 Å². The highest BCUT2D eigenvalue weighted by molar-refractivity contribution is 5.87. The molecular formula is C30H36N6O6. The molecule has 12 heteroatoms. The van der Waals surface area contributed by atoms with Crippen molar-refractivity contribution in [2.45, 2.75) is 19.6 Å².